The monoisotopic (exact) mass is 178 g/mol. The summed E-state index contributed by atoms with van der Waals surface area (Å²) < 4.78 is 9.63. The van der Waals surface area contributed by atoms with Gasteiger partial charge in [-0.25, -0.2) is 0 Å². The van der Waals surface area contributed by atoms with Crippen molar-refractivity contribution in [2.45, 2.75) is 37.6 Å². The lowest BCUT2D eigenvalue weighted by molar-refractivity contribution is -0.282. The average molecular weight is 178 g/mol. The smallest absolute Gasteiger partial charge is 0.183 e. The largest absolute Gasteiger partial charge is 0.388 e. The van der Waals surface area contributed by atoms with Gasteiger partial charge in [0.15, 0.2) is 6.29 Å². The molecule has 0 amide bonds. The third-order valence-corrected chi connectivity index (χ3v) is 2.07. The molecule has 1 aliphatic heterocycles. The highest BCUT2D eigenvalue weighted by molar-refractivity contribution is 4.87. The Hall–Kier alpha value is -0.200. The van der Waals surface area contributed by atoms with E-state index in [2.05, 4.69) is 0 Å². The van der Waals surface area contributed by atoms with Crippen molar-refractivity contribution in [3.63, 3.8) is 0 Å². The summed E-state index contributed by atoms with van der Waals surface area (Å²) in [6.45, 7) is 1.60. The molecular formula is C7H14O5. The number of ether oxygens (including phenoxy) is 2. The van der Waals surface area contributed by atoms with E-state index in [1.165, 1.54) is 7.11 Å². The second-order valence-electron chi connectivity index (χ2n) is 2.91. The van der Waals surface area contributed by atoms with E-state index in [0.29, 0.717) is 0 Å². The van der Waals surface area contributed by atoms with Crippen molar-refractivity contribution in [2.75, 3.05) is 7.11 Å². The predicted octanol–water partition coefficient (Wildman–Crippen LogP) is -1.54. The summed E-state index contributed by atoms with van der Waals surface area (Å²) in [5.74, 6) is 0. The van der Waals surface area contributed by atoms with Crippen molar-refractivity contribution in [2.24, 2.45) is 0 Å². The lowest BCUT2D eigenvalue weighted by Crippen LogP contribution is -2.57. The molecule has 1 unspecified atom stereocenters. The maximum atomic E-state index is 9.40. The second kappa shape index (κ2) is 3.68. The van der Waals surface area contributed by atoms with E-state index in [4.69, 9.17) is 14.6 Å². The van der Waals surface area contributed by atoms with Gasteiger partial charge in [-0.15, -0.1) is 0 Å². The summed E-state index contributed by atoms with van der Waals surface area (Å²) in [6.07, 6.45) is -4.71. The minimum Gasteiger partial charge on any atom is -0.388 e. The van der Waals surface area contributed by atoms with E-state index in [1.54, 1.807) is 6.92 Å². The lowest BCUT2D eigenvalue weighted by atomic mass is 10.00. The van der Waals surface area contributed by atoms with Crippen molar-refractivity contribution in [3.8, 4) is 0 Å². The topological polar surface area (TPSA) is 79.2 Å². The van der Waals surface area contributed by atoms with Gasteiger partial charge in [0.25, 0.3) is 0 Å². The van der Waals surface area contributed by atoms with Crippen molar-refractivity contribution < 1.29 is 24.8 Å². The average Bonchev–Trinajstić information content (AvgIpc) is 2.02. The Labute approximate surface area is 70.5 Å². The lowest BCUT2D eigenvalue weighted by Gasteiger charge is -2.38. The van der Waals surface area contributed by atoms with Crippen LogP contribution in [0.2, 0.25) is 0 Å². The molecule has 72 valence electrons. The first-order chi connectivity index (χ1) is 5.57. The van der Waals surface area contributed by atoms with E-state index in [1.807, 2.05) is 0 Å². The van der Waals surface area contributed by atoms with Crippen LogP contribution in [0.5, 0.6) is 0 Å². The van der Waals surface area contributed by atoms with Crippen LogP contribution in [0.1, 0.15) is 6.92 Å². The van der Waals surface area contributed by atoms with E-state index < -0.39 is 30.7 Å². The molecule has 3 N–H and O–H groups in total. The molecule has 0 spiro atoms. The normalized spacial score (nSPS) is 49.2. The van der Waals surface area contributed by atoms with E-state index in [0.717, 1.165) is 0 Å². The highest BCUT2D eigenvalue weighted by Gasteiger charge is 2.42. The van der Waals surface area contributed by atoms with Crippen LogP contribution in [0, 0.1) is 0 Å². The molecule has 1 rings (SSSR count). The fourth-order valence-electron chi connectivity index (χ4n) is 1.29. The summed E-state index contributed by atoms with van der Waals surface area (Å²) in [5, 5.41) is 27.8. The van der Waals surface area contributed by atoms with Gasteiger partial charge in [-0.05, 0) is 6.92 Å². The molecule has 0 saturated carbocycles. The maximum Gasteiger partial charge on any atom is 0.183 e. The Bertz CT molecular complexity index is 137. The van der Waals surface area contributed by atoms with Gasteiger partial charge in [-0.1, -0.05) is 0 Å². The number of aliphatic hydroxyl groups excluding tert-OH is 3. The molecular weight excluding hydrogens is 164 g/mol. The predicted molar refractivity (Wildman–Crippen MR) is 39.4 cm³/mol. The van der Waals surface area contributed by atoms with Crippen LogP contribution >= 0.6 is 0 Å². The van der Waals surface area contributed by atoms with E-state index in [-0.39, 0.29) is 0 Å². The summed E-state index contributed by atoms with van der Waals surface area (Å²) in [6, 6.07) is 0. The molecule has 1 fully saturated rings. The first kappa shape index (κ1) is 9.88. The van der Waals surface area contributed by atoms with Crippen molar-refractivity contribution in [1.29, 1.82) is 0 Å². The van der Waals surface area contributed by atoms with Gasteiger partial charge in [0, 0.05) is 7.11 Å². The van der Waals surface area contributed by atoms with Crippen LogP contribution in [0.15, 0.2) is 0 Å². The Morgan fingerprint density at radius 1 is 1.17 bits per heavy atom. The third kappa shape index (κ3) is 1.60. The molecule has 5 atom stereocenters. The second-order valence-corrected chi connectivity index (χ2v) is 2.91. The Morgan fingerprint density at radius 2 is 1.75 bits per heavy atom. The Balaban J connectivity index is 2.67. The molecule has 0 aromatic carbocycles. The molecule has 5 heteroatoms. The minimum absolute atomic E-state index is 0.534. The van der Waals surface area contributed by atoms with Gasteiger partial charge in [-0.3, -0.25) is 0 Å². The van der Waals surface area contributed by atoms with Crippen LogP contribution in [0.25, 0.3) is 0 Å². The number of aliphatic hydroxyl groups is 3. The first-order valence-electron chi connectivity index (χ1n) is 3.80. The molecule has 1 aliphatic rings. The highest BCUT2D eigenvalue weighted by Crippen LogP contribution is 2.21. The minimum atomic E-state index is -1.28. The van der Waals surface area contributed by atoms with Crippen molar-refractivity contribution in [1.82, 2.24) is 0 Å². The molecule has 1 saturated heterocycles. The number of hydrogen-bond donors (Lipinski definition) is 3. The molecule has 12 heavy (non-hydrogen) atoms. The fourth-order valence-corrected chi connectivity index (χ4v) is 1.29. The zero-order chi connectivity index (χ0) is 9.30. The highest BCUT2D eigenvalue weighted by atomic mass is 16.6. The first-order valence-corrected chi connectivity index (χ1v) is 3.80. The Morgan fingerprint density at radius 3 is 2.25 bits per heavy atom. The van der Waals surface area contributed by atoms with Crippen LogP contribution in [0.4, 0.5) is 0 Å². The van der Waals surface area contributed by atoms with Crippen LogP contribution < -0.4 is 0 Å². The zero-order valence-corrected chi connectivity index (χ0v) is 7.04. The molecule has 0 bridgehead atoms. The maximum absolute atomic E-state index is 9.40. The van der Waals surface area contributed by atoms with Gasteiger partial charge < -0.3 is 24.8 Å². The van der Waals surface area contributed by atoms with Gasteiger partial charge in [-0.2, -0.15) is 0 Å². The molecule has 5 nitrogen and oxygen atoms in total. The quantitative estimate of drug-likeness (QED) is 0.453. The van der Waals surface area contributed by atoms with Crippen molar-refractivity contribution >= 4 is 0 Å². The van der Waals surface area contributed by atoms with Crippen LogP contribution in [-0.2, 0) is 9.47 Å². The van der Waals surface area contributed by atoms with Gasteiger partial charge >= 0.3 is 0 Å². The van der Waals surface area contributed by atoms with Gasteiger partial charge in [0.1, 0.15) is 18.3 Å². The zero-order valence-electron chi connectivity index (χ0n) is 7.04. The van der Waals surface area contributed by atoms with Crippen molar-refractivity contribution in [3.05, 3.63) is 0 Å². The van der Waals surface area contributed by atoms with E-state index >= 15 is 0 Å². The summed E-state index contributed by atoms with van der Waals surface area (Å²) in [5.41, 5.74) is 0. The van der Waals surface area contributed by atoms with Crippen LogP contribution in [-0.4, -0.2) is 53.1 Å². The molecule has 0 aromatic rings. The Kier molecular flexibility index (Phi) is 3.03. The van der Waals surface area contributed by atoms with Gasteiger partial charge in [0.05, 0.1) is 6.10 Å². The fraction of sp³-hybridized carbons (Fsp3) is 1.00. The molecule has 0 radical (unpaired) electrons. The number of rotatable bonds is 1. The van der Waals surface area contributed by atoms with Gasteiger partial charge in [0.2, 0.25) is 0 Å². The SMILES string of the molecule is CO[C@@H]1[C@@H](O)[C@H](C)OC(O)[C@@H]1O. The summed E-state index contributed by atoms with van der Waals surface area (Å²) in [4.78, 5) is 0. The molecule has 1 heterocycles. The van der Waals surface area contributed by atoms with Crippen LogP contribution in [0.3, 0.4) is 0 Å². The number of methoxy groups -OCH3 is 1. The number of hydrogen-bond acceptors (Lipinski definition) is 5. The molecule has 0 aliphatic carbocycles. The standard InChI is InChI=1S/C7H14O5/c1-3-4(8)6(11-2)5(9)7(10)12-3/h3-10H,1-2H3/t3-,4-,5+,6+,7?/m0/s1. The molecule has 0 aromatic heterocycles. The summed E-state index contributed by atoms with van der Waals surface area (Å²) in [7, 11) is 1.36. The van der Waals surface area contributed by atoms with E-state index in [9.17, 15) is 10.2 Å². The third-order valence-electron chi connectivity index (χ3n) is 2.07. The summed E-state index contributed by atoms with van der Waals surface area (Å²) >= 11 is 0.